The van der Waals surface area contributed by atoms with Crippen LogP contribution < -0.4 is 16.0 Å². The highest BCUT2D eigenvalue weighted by molar-refractivity contribution is 5.62. The van der Waals surface area contributed by atoms with Crippen LogP contribution in [0, 0.1) is 6.92 Å². The summed E-state index contributed by atoms with van der Waals surface area (Å²) in [5.74, 6) is 0.839. The van der Waals surface area contributed by atoms with E-state index in [1.54, 1.807) is 18.7 Å². The van der Waals surface area contributed by atoms with Gasteiger partial charge in [0, 0.05) is 18.7 Å². The Bertz CT molecular complexity index is 687. The normalized spacial score (nSPS) is 12.2. The fourth-order valence-electron chi connectivity index (χ4n) is 2.33. The zero-order valence-electron chi connectivity index (χ0n) is 12.3. The summed E-state index contributed by atoms with van der Waals surface area (Å²) in [5.41, 5.74) is 9.27. The molecular formula is C16H20N2O2. The first-order chi connectivity index (χ1) is 9.45. The Morgan fingerprint density at radius 1 is 1.25 bits per heavy atom. The second-order valence-corrected chi connectivity index (χ2v) is 5.01. The van der Waals surface area contributed by atoms with E-state index in [-0.39, 0.29) is 11.6 Å². The lowest BCUT2D eigenvalue weighted by atomic mass is 10.0. The van der Waals surface area contributed by atoms with Gasteiger partial charge in [0.15, 0.2) is 0 Å². The van der Waals surface area contributed by atoms with Crippen molar-refractivity contribution in [3.63, 3.8) is 0 Å². The molecule has 2 N–H and O–H groups in total. The van der Waals surface area contributed by atoms with Crippen LogP contribution in [0.15, 0.2) is 35.1 Å². The average Bonchev–Trinajstić information content (AvgIpc) is 2.41. The zero-order chi connectivity index (χ0) is 14.9. The molecule has 2 rings (SSSR count). The third-order valence-corrected chi connectivity index (χ3v) is 3.51. The van der Waals surface area contributed by atoms with Gasteiger partial charge in [0.2, 0.25) is 0 Å². The number of methoxy groups -OCH3 is 1. The maximum atomic E-state index is 12.3. The van der Waals surface area contributed by atoms with Crippen LogP contribution in [0.3, 0.4) is 0 Å². The number of nitrogens with zero attached hydrogens (tertiary/aromatic N) is 1. The largest absolute Gasteiger partial charge is 0.496 e. The van der Waals surface area contributed by atoms with Crippen LogP contribution in [-0.4, -0.2) is 11.7 Å². The Kier molecular flexibility index (Phi) is 3.95. The molecule has 20 heavy (non-hydrogen) atoms. The van der Waals surface area contributed by atoms with Gasteiger partial charge in [-0.25, -0.2) is 0 Å². The lowest BCUT2D eigenvalue weighted by Gasteiger charge is -2.13. The molecule has 106 valence electrons. The Hall–Kier alpha value is -2.07. The van der Waals surface area contributed by atoms with E-state index in [9.17, 15) is 4.79 Å². The monoisotopic (exact) mass is 272 g/mol. The topological polar surface area (TPSA) is 57.2 Å². The molecule has 4 nitrogen and oxygen atoms in total. The van der Waals surface area contributed by atoms with Gasteiger partial charge in [-0.2, -0.15) is 0 Å². The fraction of sp³-hybridized carbons (Fsp3) is 0.312. The molecule has 0 aliphatic rings. The van der Waals surface area contributed by atoms with Crippen molar-refractivity contribution < 1.29 is 4.74 Å². The number of benzene rings is 1. The van der Waals surface area contributed by atoms with E-state index in [4.69, 9.17) is 10.5 Å². The van der Waals surface area contributed by atoms with Crippen LogP contribution in [0.1, 0.15) is 24.1 Å². The summed E-state index contributed by atoms with van der Waals surface area (Å²) in [6.07, 6.45) is 0. The molecule has 1 atom stereocenters. The highest BCUT2D eigenvalue weighted by Gasteiger charge is 2.11. The molecular weight excluding hydrogens is 252 g/mol. The van der Waals surface area contributed by atoms with Gasteiger partial charge >= 0.3 is 0 Å². The van der Waals surface area contributed by atoms with Crippen molar-refractivity contribution in [3.8, 4) is 17.0 Å². The van der Waals surface area contributed by atoms with Crippen LogP contribution in [0.25, 0.3) is 11.3 Å². The molecule has 0 saturated heterocycles. The van der Waals surface area contributed by atoms with Crippen LogP contribution in [0.5, 0.6) is 5.75 Å². The minimum Gasteiger partial charge on any atom is -0.496 e. The van der Waals surface area contributed by atoms with Crippen LogP contribution in [0.4, 0.5) is 0 Å². The number of nitrogens with two attached hydrogens (primary N) is 1. The first-order valence-corrected chi connectivity index (χ1v) is 6.56. The van der Waals surface area contributed by atoms with E-state index < -0.39 is 0 Å². The first kappa shape index (κ1) is 14.3. The van der Waals surface area contributed by atoms with Gasteiger partial charge in [-0.3, -0.25) is 4.79 Å². The number of pyridine rings is 1. The Morgan fingerprint density at radius 3 is 2.50 bits per heavy atom. The van der Waals surface area contributed by atoms with Gasteiger partial charge in [0.1, 0.15) is 5.75 Å². The average molecular weight is 272 g/mol. The van der Waals surface area contributed by atoms with Crippen molar-refractivity contribution >= 4 is 0 Å². The summed E-state index contributed by atoms with van der Waals surface area (Å²) in [7, 11) is 3.41. The van der Waals surface area contributed by atoms with Crippen molar-refractivity contribution in [3.05, 3.63) is 51.8 Å². The third kappa shape index (κ3) is 2.47. The summed E-state index contributed by atoms with van der Waals surface area (Å²) in [4.78, 5) is 12.3. The maximum absolute atomic E-state index is 12.3. The van der Waals surface area contributed by atoms with E-state index in [2.05, 4.69) is 0 Å². The van der Waals surface area contributed by atoms with Gasteiger partial charge in [-0.1, -0.05) is 0 Å². The maximum Gasteiger partial charge on any atom is 0.255 e. The zero-order valence-corrected chi connectivity index (χ0v) is 12.3. The van der Waals surface area contributed by atoms with Gasteiger partial charge in [0.05, 0.1) is 12.8 Å². The Morgan fingerprint density at radius 2 is 1.95 bits per heavy atom. The summed E-state index contributed by atoms with van der Waals surface area (Å²) >= 11 is 0. The molecule has 4 heteroatoms. The SMILES string of the molecule is COc1ccc(-c2ccc(C(C)N)c(=O)n2C)cc1C. The van der Waals surface area contributed by atoms with Crippen molar-refractivity contribution in [2.24, 2.45) is 12.8 Å². The lowest BCUT2D eigenvalue weighted by molar-refractivity contribution is 0.412. The Labute approximate surface area is 118 Å². The highest BCUT2D eigenvalue weighted by atomic mass is 16.5. The van der Waals surface area contributed by atoms with Gasteiger partial charge < -0.3 is 15.0 Å². The number of hydrogen-bond donors (Lipinski definition) is 1. The van der Waals surface area contributed by atoms with Crippen molar-refractivity contribution in [1.82, 2.24) is 4.57 Å². The molecule has 0 bridgehead atoms. The quantitative estimate of drug-likeness (QED) is 0.933. The predicted octanol–water partition coefficient (Wildman–Crippen LogP) is 2.39. The fourth-order valence-corrected chi connectivity index (χ4v) is 2.33. The van der Waals surface area contributed by atoms with E-state index in [0.717, 1.165) is 22.6 Å². The molecule has 2 aromatic rings. The highest BCUT2D eigenvalue weighted by Crippen LogP contribution is 2.25. The molecule has 0 fully saturated rings. The molecule has 0 spiro atoms. The number of hydrogen-bond acceptors (Lipinski definition) is 3. The van der Waals surface area contributed by atoms with Crippen LogP contribution in [0.2, 0.25) is 0 Å². The van der Waals surface area contributed by atoms with Gasteiger partial charge in [-0.15, -0.1) is 0 Å². The van der Waals surface area contributed by atoms with Gasteiger partial charge in [0.25, 0.3) is 5.56 Å². The van der Waals surface area contributed by atoms with Crippen molar-refractivity contribution in [1.29, 1.82) is 0 Å². The van der Waals surface area contributed by atoms with E-state index in [1.165, 1.54) is 0 Å². The predicted molar refractivity (Wildman–Crippen MR) is 81.0 cm³/mol. The molecule has 1 unspecified atom stereocenters. The van der Waals surface area contributed by atoms with Crippen LogP contribution in [-0.2, 0) is 7.05 Å². The minimum absolute atomic E-state index is 0.0500. The standard InChI is InChI=1S/C16H20N2O2/c1-10-9-12(5-8-15(10)20-4)14-7-6-13(11(2)17)16(19)18(14)3/h5-9,11H,17H2,1-4H3. The second-order valence-electron chi connectivity index (χ2n) is 5.01. The summed E-state index contributed by atoms with van der Waals surface area (Å²) < 4.78 is 6.89. The minimum atomic E-state index is -0.264. The number of aromatic nitrogens is 1. The smallest absolute Gasteiger partial charge is 0.255 e. The molecule has 0 aliphatic carbocycles. The third-order valence-electron chi connectivity index (χ3n) is 3.51. The summed E-state index contributed by atoms with van der Waals surface area (Å²) in [6.45, 7) is 3.80. The van der Waals surface area contributed by atoms with Crippen molar-refractivity contribution in [2.45, 2.75) is 19.9 Å². The van der Waals surface area contributed by atoms with E-state index in [1.807, 2.05) is 44.2 Å². The van der Waals surface area contributed by atoms with Crippen molar-refractivity contribution in [2.75, 3.05) is 7.11 Å². The van der Waals surface area contributed by atoms with E-state index >= 15 is 0 Å². The Balaban J connectivity index is 2.57. The summed E-state index contributed by atoms with van der Waals surface area (Å²) in [5, 5.41) is 0. The number of aryl methyl sites for hydroxylation is 1. The summed E-state index contributed by atoms with van der Waals surface area (Å²) in [6, 6.07) is 9.35. The lowest BCUT2D eigenvalue weighted by Crippen LogP contribution is -2.26. The molecule has 1 heterocycles. The second kappa shape index (κ2) is 5.51. The molecule has 0 radical (unpaired) electrons. The molecule has 1 aromatic heterocycles. The number of rotatable bonds is 3. The molecule has 1 aromatic carbocycles. The van der Waals surface area contributed by atoms with E-state index in [0.29, 0.717) is 5.56 Å². The first-order valence-electron chi connectivity index (χ1n) is 6.56. The number of ether oxygens (including phenoxy) is 1. The van der Waals surface area contributed by atoms with Gasteiger partial charge in [-0.05, 0) is 55.3 Å². The molecule has 0 amide bonds. The van der Waals surface area contributed by atoms with Crippen LogP contribution >= 0.6 is 0 Å². The molecule has 0 aliphatic heterocycles. The molecule has 0 saturated carbocycles.